The summed E-state index contributed by atoms with van der Waals surface area (Å²) in [4.78, 5) is 0.0763. The maximum atomic E-state index is 11.2. The summed E-state index contributed by atoms with van der Waals surface area (Å²) in [5.74, 6) is 0. The second-order valence-corrected chi connectivity index (χ2v) is 6.48. The fraction of sp³-hybridized carbons (Fsp3) is 0.455. The number of nitrogens with two attached hydrogens (primary N) is 1. The molecule has 1 rings (SSSR count). The van der Waals surface area contributed by atoms with Crippen molar-refractivity contribution in [1.82, 2.24) is 0 Å². The van der Waals surface area contributed by atoms with E-state index in [1.165, 1.54) is 12.1 Å². The quantitative estimate of drug-likeness (QED) is 0.860. The van der Waals surface area contributed by atoms with Crippen LogP contribution < -0.4 is 10.5 Å². The number of primary sulfonamides is 1. The second kappa shape index (κ2) is 6.01. The topological polar surface area (TPSA) is 81.4 Å². The zero-order valence-corrected chi connectivity index (χ0v) is 12.9. The maximum Gasteiger partial charge on any atom is 0.238 e. The largest absolute Gasteiger partial charge is 0.380 e. The molecule has 0 fully saturated rings. The Morgan fingerprint density at radius 1 is 1.39 bits per heavy atom. The lowest BCUT2D eigenvalue weighted by molar-refractivity contribution is 0.106. The van der Waals surface area contributed by atoms with Gasteiger partial charge in [0.05, 0.1) is 11.0 Å². The molecule has 3 N–H and O–H groups in total. The number of benzene rings is 1. The van der Waals surface area contributed by atoms with Gasteiger partial charge in [-0.1, -0.05) is 0 Å². The maximum absolute atomic E-state index is 11.2. The Morgan fingerprint density at radius 3 is 2.44 bits per heavy atom. The predicted octanol–water partition coefficient (Wildman–Crippen LogP) is 1.93. The van der Waals surface area contributed by atoms with Crippen molar-refractivity contribution >= 4 is 31.6 Å². The molecule has 0 amide bonds. The van der Waals surface area contributed by atoms with Crippen LogP contribution in [0, 0.1) is 0 Å². The molecule has 1 aromatic carbocycles. The summed E-state index contributed by atoms with van der Waals surface area (Å²) in [7, 11) is -2.03. The Balaban J connectivity index is 2.94. The van der Waals surface area contributed by atoms with Crippen molar-refractivity contribution in [3.8, 4) is 0 Å². The number of anilines is 1. The zero-order valence-electron chi connectivity index (χ0n) is 10.5. The third kappa shape index (κ3) is 3.94. The smallest absolute Gasteiger partial charge is 0.238 e. The Bertz CT molecular complexity index is 519. The third-order valence-corrected chi connectivity index (χ3v) is 4.30. The highest BCUT2D eigenvalue weighted by atomic mass is 79.9. The van der Waals surface area contributed by atoms with E-state index in [0.29, 0.717) is 4.47 Å². The molecule has 2 atom stereocenters. The lowest BCUT2D eigenvalue weighted by Gasteiger charge is -2.21. The number of halogens is 1. The Labute approximate surface area is 116 Å². The fourth-order valence-corrected chi connectivity index (χ4v) is 2.54. The van der Waals surface area contributed by atoms with Crippen LogP contribution in [0.1, 0.15) is 13.8 Å². The summed E-state index contributed by atoms with van der Waals surface area (Å²) in [6.45, 7) is 3.93. The van der Waals surface area contributed by atoms with Crippen molar-refractivity contribution < 1.29 is 13.2 Å². The highest BCUT2D eigenvalue weighted by Crippen LogP contribution is 2.26. The number of sulfonamides is 1. The molecule has 0 aliphatic rings. The SMILES string of the molecule is COC(C)C(C)Nc1ccc(S(N)(=O)=O)cc1Br. The number of hydrogen-bond donors (Lipinski definition) is 2. The Hall–Kier alpha value is -0.630. The van der Waals surface area contributed by atoms with E-state index in [4.69, 9.17) is 9.88 Å². The summed E-state index contributed by atoms with van der Waals surface area (Å²) in [6.07, 6.45) is 0.0369. The van der Waals surface area contributed by atoms with E-state index in [1.807, 2.05) is 13.8 Å². The molecule has 2 unspecified atom stereocenters. The van der Waals surface area contributed by atoms with E-state index in [1.54, 1.807) is 13.2 Å². The first-order chi connectivity index (χ1) is 8.25. The van der Waals surface area contributed by atoms with Gasteiger partial charge >= 0.3 is 0 Å². The Morgan fingerprint density at radius 2 is 2.00 bits per heavy atom. The summed E-state index contributed by atoms with van der Waals surface area (Å²) in [5.41, 5.74) is 0.791. The van der Waals surface area contributed by atoms with Gasteiger partial charge in [0.15, 0.2) is 0 Å². The van der Waals surface area contributed by atoms with Crippen LogP contribution in [0.2, 0.25) is 0 Å². The molecular formula is C11H17BrN2O3S. The fourth-order valence-electron chi connectivity index (χ4n) is 1.36. The number of nitrogens with one attached hydrogen (secondary N) is 1. The van der Waals surface area contributed by atoms with E-state index in [0.717, 1.165) is 5.69 Å². The molecule has 0 aromatic heterocycles. The second-order valence-electron chi connectivity index (χ2n) is 4.06. The monoisotopic (exact) mass is 336 g/mol. The van der Waals surface area contributed by atoms with Crippen LogP contribution in [0.15, 0.2) is 27.6 Å². The molecule has 0 aliphatic carbocycles. The van der Waals surface area contributed by atoms with Gasteiger partial charge in [-0.2, -0.15) is 0 Å². The molecule has 0 spiro atoms. The molecule has 18 heavy (non-hydrogen) atoms. The summed E-state index contributed by atoms with van der Waals surface area (Å²) >= 11 is 3.32. The predicted molar refractivity (Wildman–Crippen MR) is 75.1 cm³/mol. The van der Waals surface area contributed by atoms with Crippen molar-refractivity contribution in [2.45, 2.75) is 30.9 Å². The average molecular weight is 337 g/mol. The highest BCUT2D eigenvalue weighted by molar-refractivity contribution is 9.10. The standard InChI is InChI=1S/C11H17BrN2O3S/c1-7(8(2)17-3)14-11-5-4-9(6-10(11)12)18(13,15)16/h4-8,14H,1-3H3,(H2,13,15,16). The number of methoxy groups -OCH3 is 1. The summed E-state index contributed by atoms with van der Waals surface area (Å²) < 4.78 is 28.2. The highest BCUT2D eigenvalue weighted by Gasteiger charge is 2.14. The van der Waals surface area contributed by atoms with E-state index >= 15 is 0 Å². The molecule has 0 heterocycles. The van der Waals surface area contributed by atoms with Crippen molar-refractivity contribution in [3.05, 3.63) is 22.7 Å². The van der Waals surface area contributed by atoms with Crippen molar-refractivity contribution in [1.29, 1.82) is 0 Å². The van der Waals surface area contributed by atoms with Gasteiger partial charge in [-0.25, -0.2) is 13.6 Å². The van der Waals surface area contributed by atoms with E-state index in [-0.39, 0.29) is 17.0 Å². The van der Waals surface area contributed by atoms with Crippen LogP contribution in [-0.2, 0) is 14.8 Å². The number of ether oxygens (including phenoxy) is 1. The lowest BCUT2D eigenvalue weighted by Crippen LogP contribution is -2.29. The molecule has 0 aliphatic heterocycles. The van der Waals surface area contributed by atoms with Gasteiger partial charge in [-0.15, -0.1) is 0 Å². The van der Waals surface area contributed by atoms with Crippen molar-refractivity contribution in [2.75, 3.05) is 12.4 Å². The first kappa shape index (κ1) is 15.4. The lowest BCUT2D eigenvalue weighted by atomic mass is 10.2. The minimum atomic E-state index is -3.67. The van der Waals surface area contributed by atoms with Crippen LogP contribution >= 0.6 is 15.9 Å². The van der Waals surface area contributed by atoms with E-state index in [9.17, 15) is 8.42 Å². The van der Waals surface area contributed by atoms with Crippen molar-refractivity contribution in [2.24, 2.45) is 5.14 Å². The first-order valence-electron chi connectivity index (χ1n) is 5.37. The van der Waals surface area contributed by atoms with Gasteiger partial charge in [0.2, 0.25) is 10.0 Å². The molecule has 0 bridgehead atoms. The molecule has 102 valence electrons. The van der Waals surface area contributed by atoms with Gasteiger partial charge in [-0.3, -0.25) is 0 Å². The minimum absolute atomic E-state index is 0.0369. The van der Waals surface area contributed by atoms with Gasteiger partial charge in [-0.05, 0) is 48.0 Å². The normalized spacial score (nSPS) is 15.2. The van der Waals surface area contributed by atoms with Crippen LogP contribution in [0.25, 0.3) is 0 Å². The zero-order chi connectivity index (χ0) is 13.9. The third-order valence-electron chi connectivity index (χ3n) is 2.73. The first-order valence-corrected chi connectivity index (χ1v) is 7.71. The van der Waals surface area contributed by atoms with Crippen molar-refractivity contribution in [3.63, 3.8) is 0 Å². The molecule has 5 nitrogen and oxygen atoms in total. The molecular weight excluding hydrogens is 320 g/mol. The van der Waals surface area contributed by atoms with Crippen LogP contribution in [-0.4, -0.2) is 27.7 Å². The molecule has 0 radical (unpaired) electrons. The average Bonchev–Trinajstić information content (AvgIpc) is 2.29. The minimum Gasteiger partial charge on any atom is -0.380 e. The van der Waals surface area contributed by atoms with Gasteiger partial charge in [0.25, 0.3) is 0 Å². The van der Waals surface area contributed by atoms with Crippen LogP contribution in [0.3, 0.4) is 0 Å². The molecule has 0 saturated heterocycles. The van der Waals surface area contributed by atoms with E-state index < -0.39 is 10.0 Å². The molecule has 7 heteroatoms. The molecule has 0 saturated carbocycles. The number of rotatable bonds is 5. The van der Waals surface area contributed by atoms with Gasteiger partial charge in [0, 0.05) is 23.3 Å². The van der Waals surface area contributed by atoms with E-state index in [2.05, 4.69) is 21.2 Å². The van der Waals surface area contributed by atoms with Crippen LogP contribution in [0.5, 0.6) is 0 Å². The van der Waals surface area contributed by atoms with Crippen LogP contribution in [0.4, 0.5) is 5.69 Å². The summed E-state index contributed by atoms with van der Waals surface area (Å²) in [5, 5.41) is 8.29. The molecule has 1 aromatic rings. The van der Waals surface area contributed by atoms with Gasteiger partial charge < -0.3 is 10.1 Å². The Kier molecular flexibility index (Phi) is 5.15. The van der Waals surface area contributed by atoms with Gasteiger partial charge in [0.1, 0.15) is 0 Å². The number of hydrogen-bond acceptors (Lipinski definition) is 4. The summed E-state index contributed by atoms with van der Waals surface area (Å²) in [6, 6.07) is 4.70.